The van der Waals surface area contributed by atoms with Crippen molar-refractivity contribution < 1.29 is 19.4 Å². The molecular formula is C14H21N3O4. The van der Waals surface area contributed by atoms with Crippen LogP contribution in [0.5, 0.6) is 0 Å². The molecule has 2 N–H and O–H groups in total. The van der Waals surface area contributed by atoms with Crippen LogP contribution in [0.3, 0.4) is 0 Å². The third-order valence-electron chi connectivity index (χ3n) is 3.31. The van der Waals surface area contributed by atoms with E-state index in [1.54, 1.807) is 4.90 Å². The molecule has 1 saturated heterocycles. The monoisotopic (exact) mass is 295 g/mol. The number of hydrogen-bond acceptors (Lipinski definition) is 4. The molecule has 0 bridgehead atoms. The van der Waals surface area contributed by atoms with Crippen molar-refractivity contribution in [2.24, 2.45) is 0 Å². The molecule has 1 amide bonds. The van der Waals surface area contributed by atoms with Gasteiger partial charge in [-0.3, -0.25) is 10.00 Å². The lowest BCUT2D eigenvalue weighted by Crippen LogP contribution is -2.42. The van der Waals surface area contributed by atoms with Crippen LogP contribution in [-0.4, -0.2) is 44.4 Å². The van der Waals surface area contributed by atoms with Gasteiger partial charge in [0.05, 0.1) is 11.7 Å². The topological polar surface area (TPSA) is 95.5 Å². The summed E-state index contributed by atoms with van der Waals surface area (Å²) in [6.07, 6.45) is 2.28. The minimum absolute atomic E-state index is 0.0419. The van der Waals surface area contributed by atoms with Crippen molar-refractivity contribution in [3.63, 3.8) is 0 Å². The van der Waals surface area contributed by atoms with Gasteiger partial charge in [-0.15, -0.1) is 0 Å². The van der Waals surface area contributed by atoms with Crippen molar-refractivity contribution in [1.29, 1.82) is 0 Å². The predicted octanol–water partition coefficient (Wildman–Crippen LogP) is 2.57. The maximum Gasteiger partial charge on any atom is 0.410 e. The molecule has 1 aromatic heterocycles. The Labute approximate surface area is 123 Å². The van der Waals surface area contributed by atoms with E-state index in [9.17, 15) is 9.59 Å². The first kappa shape index (κ1) is 15.3. The minimum atomic E-state index is -1.09. The smallest absolute Gasteiger partial charge is 0.410 e. The van der Waals surface area contributed by atoms with E-state index in [1.165, 1.54) is 6.07 Å². The highest BCUT2D eigenvalue weighted by Gasteiger charge is 2.32. The number of piperidine rings is 1. The summed E-state index contributed by atoms with van der Waals surface area (Å²) < 4.78 is 5.42. The lowest BCUT2D eigenvalue weighted by Gasteiger charge is -2.36. The lowest BCUT2D eigenvalue weighted by atomic mass is 10.00. The summed E-state index contributed by atoms with van der Waals surface area (Å²) in [5, 5.41) is 15.4. The van der Waals surface area contributed by atoms with Crippen molar-refractivity contribution in [3.8, 4) is 0 Å². The van der Waals surface area contributed by atoms with Gasteiger partial charge in [0.15, 0.2) is 5.69 Å². The zero-order chi connectivity index (χ0) is 15.6. The molecule has 2 heterocycles. The van der Waals surface area contributed by atoms with Gasteiger partial charge < -0.3 is 9.84 Å². The van der Waals surface area contributed by atoms with Crippen molar-refractivity contribution in [3.05, 3.63) is 17.5 Å². The third-order valence-corrected chi connectivity index (χ3v) is 3.31. The number of carbonyl (C=O) groups is 2. The Morgan fingerprint density at radius 3 is 2.71 bits per heavy atom. The van der Waals surface area contributed by atoms with E-state index in [2.05, 4.69) is 10.2 Å². The highest BCUT2D eigenvalue weighted by atomic mass is 16.6. The number of aromatic carboxylic acids is 1. The Morgan fingerprint density at radius 1 is 1.43 bits per heavy atom. The number of amides is 1. The standard InChI is InChI=1S/C14H21N3O4/c1-14(2,3)21-13(20)17-7-5-4-6-11(17)9-8-10(12(18)19)16-15-9/h8,11H,4-7H2,1-3H3,(H,15,16)(H,18,19). The van der Waals surface area contributed by atoms with Crippen molar-refractivity contribution in [2.45, 2.75) is 51.7 Å². The molecule has 0 radical (unpaired) electrons. The molecule has 1 aliphatic rings. The predicted molar refractivity (Wildman–Crippen MR) is 75.1 cm³/mol. The van der Waals surface area contributed by atoms with Crippen LogP contribution >= 0.6 is 0 Å². The highest BCUT2D eigenvalue weighted by Crippen LogP contribution is 2.31. The number of hydrogen-bond donors (Lipinski definition) is 2. The normalized spacial score (nSPS) is 19.4. The Kier molecular flexibility index (Phi) is 4.20. The zero-order valence-electron chi connectivity index (χ0n) is 12.5. The molecule has 7 heteroatoms. The first-order valence-corrected chi connectivity index (χ1v) is 7.06. The number of ether oxygens (including phenoxy) is 1. The maximum atomic E-state index is 12.3. The van der Waals surface area contributed by atoms with E-state index in [0.717, 1.165) is 19.3 Å². The molecule has 2 rings (SSSR count). The van der Waals surface area contributed by atoms with E-state index >= 15 is 0 Å². The van der Waals surface area contributed by atoms with Crippen LogP contribution in [0.1, 0.15) is 62.3 Å². The Hall–Kier alpha value is -2.05. The number of H-pyrrole nitrogens is 1. The summed E-state index contributed by atoms with van der Waals surface area (Å²) in [5.41, 5.74) is 0.0388. The molecule has 0 aromatic carbocycles. The molecule has 116 valence electrons. The first-order valence-electron chi connectivity index (χ1n) is 7.06. The highest BCUT2D eigenvalue weighted by molar-refractivity contribution is 5.85. The largest absolute Gasteiger partial charge is 0.476 e. The first-order chi connectivity index (χ1) is 9.78. The molecule has 0 aliphatic carbocycles. The van der Waals surface area contributed by atoms with Crippen LogP contribution in [0.25, 0.3) is 0 Å². The fourth-order valence-corrected chi connectivity index (χ4v) is 2.41. The summed E-state index contributed by atoms with van der Waals surface area (Å²) in [6.45, 7) is 6.06. The quantitative estimate of drug-likeness (QED) is 0.874. The van der Waals surface area contributed by atoms with E-state index in [0.29, 0.717) is 12.2 Å². The van der Waals surface area contributed by atoms with Crippen molar-refractivity contribution in [2.75, 3.05) is 6.54 Å². The number of carboxylic acids is 1. The fraction of sp³-hybridized carbons (Fsp3) is 0.643. The fourth-order valence-electron chi connectivity index (χ4n) is 2.41. The van der Waals surface area contributed by atoms with Gasteiger partial charge in [0.1, 0.15) is 5.60 Å². The number of nitrogens with one attached hydrogen (secondary N) is 1. The van der Waals surface area contributed by atoms with Gasteiger partial charge in [-0.2, -0.15) is 5.10 Å². The van der Waals surface area contributed by atoms with Gasteiger partial charge >= 0.3 is 12.1 Å². The summed E-state index contributed by atoms with van der Waals surface area (Å²) in [6, 6.07) is 1.27. The van der Waals surface area contributed by atoms with E-state index < -0.39 is 11.6 Å². The second kappa shape index (κ2) is 5.75. The minimum Gasteiger partial charge on any atom is -0.476 e. The number of carbonyl (C=O) groups excluding carboxylic acids is 1. The van der Waals surface area contributed by atoms with Crippen LogP contribution in [0.4, 0.5) is 4.79 Å². The number of likely N-dealkylation sites (tertiary alicyclic amines) is 1. The van der Waals surface area contributed by atoms with E-state index in [-0.39, 0.29) is 17.8 Å². The Morgan fingerprint density at radius 2 is 2.14 bits per heavy atom. The molecule has 1 atom stereocenters. The molecule has 1 fully saturated rings. The van der Waals surface area contributed by atoms with Crippen LogP contribution in [-0.2, 0) is 4.74 Å². The van der Waals surface area contributed by atoms with Gasteiger partial charge in [0, 0.05) is 6.54 Å². The van der Waals surface area contributed by atoms with Crippen LogP contribution < -0.4 is 0 Å². The molecule has 1 aliphatic heterocycles. The maximum absolute atomic E-state index is 12.3. The summed E-state index contributed by atoms with van der Waals surface area (Å²) in [5.74, 6) is -1.09. The Bertz CT molecular complexity index is 533. The second-order valence-electron chi connectivity index (χ2n) is 6.20. The average molecular weight is 295 g/mol. The molecule has 1 aromatic rings. The zero-order valence-corrected chi connectivity index (χ0v) is 12.5. The summed E-state index contributed by atoms with van der Waals surface area (Å²) >= 11 is 0. The molecule has 0 spiro atoms. The number of rotatable bonds is 2. The van der Waals surface area contributed by atoms with Crippen molar-refractivity contribution >= 4 is 12.1 Å². The van der Waals surface area contributed by atoms with Gasteiger partial charge in [0.2, 0.25) is 0 Å². The summed E-state index contributed by atoms with van der Waals surface area (Å²) in [7, 11) is 0. The molecule has 21 heavy (non-hydrogen) atoms. The average Bonchev–Trinajstić information content (AvgIpc) is 2.86. The van der Waals surface area contributed by atoms with E-state index in [4.69, 9.17) is 9.84 Å². The van der Waals surface area contributed by atoms with Crippen molar-refractivity contribution in [1.82, 2.24) is 15.1 Å². The van der Waals surface area contributed by atoms with Gasteiger partial charge in [-0.1, -0.05) is 0 Å². The number of aromatic nitrogens is 2. The van der Waals surface area contributed by atoms with Gasteiger partial charge in [-0.05, 0) is 46.1 Å². The number of nitrogens with zero attached hydrogens (tertiary/aromatic N) is 2. The Balaban J connectivity index is 2.18. The molecule has 1 unspecified atom stereocenters. The number of carboxylic acid groups (broad SMARTS) is 1. The van der Waals surface area contributed by atoms with Gasteiger partial charge in [0.25, 0.3) is 0 Å². The SMILES string of the molecule is CC(C)(C)OC(=O)N1CCCCC1c1cc(C(=O)O)n[nH]1. The number of aromatic amines is 1. The second-order valence-corrected chi connectivity index (χ2v) is 6.20. The van der Waals surface area contributed by atoms with Crippen LogP contribution in [0.15, 0.2) is 6.07 Å². The third kappa shape index (κ3) is 3.74. The van der Waals surface area contributed by atoms with Gasteiger partial charge in [-0.25, -0.2) is 9.59 Å². The molecular weight excluding hydrogens is 274 g/mol. The summed E-state index contributed by atoms with van der Waals surface area (Å²) in [4.78, 5) is 24.9. The lowest BCUT2D eigenvalue weighted by molar-refractivity contribution is 0.00899. The van der Waals surface area contributed by atoms with E-state index in [1.807, 2.05) is 20.8 Å². The molecule has 7 nitrogen and oxygen atoms in total. The molecule has 0 saturated carbocycles. The van der Waals surface area contributed by atoms with Crippen LogP contribution in [0, 0.1) is 0 Å². The van der Waals surface area contributed by atoms with Crippen LogP contribution in [0.2, 0.25) is 0 Å².